The molecule has 0 unspecified atom stereocenters. The highest BCUT2D eigenvalue weighted by Crippen LogP contribution is 2.30. The van der Waals surface area contributed by atoms with Crippen molar-refractivity contribution in [2.24, 2.45) is 0 Å². The molecule has 0 atom stereocenters. The van der Waals surface area contributed by atoms with E-state index >= 15 is 0 Å². The van der Waals surface area contributed by atoms with Gasteiger partial charge in [0.25, 0.3) is 0 Å². The number of nitrogens with zero attached hydrogens (tertiary/aromatic N) is 3. The molecule has 1 aromatic heterocycles. The van der Waals surface area contributed by atoms with Crippen molar-refractivity contribution in [3.63, 3.8) is 0 Å². The molecule has 5 heteroatoms. The van der Waals surface area contributed by atoms with Gasteiger partial charge in [-0.3, -0.25) is 5.41 Å². The molecule has 0 aliphatic heterocycles. The minimum Gasteiger partial charge on any atom is -0.355 e. The number of fused-ring (bicyclic) bond motifs is 1. The fraction of sp³-hybridized carbons (Fsp3) is 0. The third-order valence-corrected chi connectivity index (χ3v) is 7.32. The fourth-order valence-electron chi connectivity index (χ4n) is 5.13. The Bertz CT molecular complexity index is 2000. The van der Waals surface area contributed by atoms with Crippen LogP contribution in [0, 0.1) is 5.41 Å². The molecule has 0 radical (unpaired) electrons. The highest BCUT2D eigenvalue weighted by Gasteiger charge is 2.16. The Kier molecular flexibility index (Phi) is 6.96. The fourth-order valence-corrected chi connectivity index (χ4v) is 5.13. The number of nitrogens with one attached hydrogen (secondary N) is 2. The monoisotopic (exact) mass is 553 g/mol. The summed E-state index contributed by atoms with van der Waals surface area (Å²) < 4.78 is 0. The first kappa shape index (κ1) is 26.0. The van der Waals surface area contributed by atoms with E-state index in [1.54, 1.807) is 0 Å². The van der Waals surface area contributed by atoms with Gasteiger partial charge >= 0.3 is 0 Å². The average molecular weight is 554 g/mol. The van der Waals surface area contributed by atoms with Gasteiger partial charge in [-0.05, 0) is 41.1 Å². The van der Waals surface area contributed by atoms with Crippen LogP contribution in [0.2, 0.25) is 0 Å². The summed E-state index contributed by atoms with van der Waals surface area (Å²) in [6, 6.07) is 50.2. The lowest BCUT2D eigenvalue weighted by molar-refractivity contribution is 1.07. The quantitative estimate of drug-likeness (QED) is 0.193. The van der Waals surface area contributed by atoms with Crippen LogP contribution in [0.25, 0.3) is 44.9 Å². The Balaban J connectivity index is 1.32. The Hall–Kier alpha value is -5.94. The molecular formula is C38H27N5. The molecule has 7 aromatic rings. The summed E-state index contributed by atoms with van der Waals surface area (Å²) in [5, 5.41) is 15.1. The van der Waals surface area contributed by atoms with E-state index in [-0.39, 0.29) is 0 Å². The second-order valence-electron chi connectivity index (χ2n) is 10.2. The minimum absolute atomic E-state index is 0.409. The second-order valence-corrected chi connectivity index (χ2v) is 10.2. The van der Waals surface area contributed by atoms with Gasteiger partial charge < -0.3 is 5.32 Å². The van der Waals surface area contributed by atoms with Gasteiger partial charge in [0.05, 0.1) is 5.71 Å². The SMILES string of the molecule is N=C(c1cccc(-c2nc(-c3ccccc3)nc(-c3ccccc3)n2)c1)c1cc2ccccc2cc1Nc1ccccc1. The first-order valence-electron chi connectivity index (χ1n) is 14.1. The topological polar surface area (TPSA) is 74.5 Å². The smallest absolute Gasteiger partial charge is 0.164 e. The maximum absolute atomic E-state index is 9.37. The van der Waals surface area contributed by atoms with Crippen molar-refractivity contribution < 1.29 is 0 Å². The van der Waals surface area contributed by atoms with Crippen LogP contribution in [0.1, 0.15) is 11.1 Å². The van der Waals surface area contributed by atoms with Gasteiger partial charge in [0.15, 0.2) is 17.5 Å². The van der Waals surface area contributed by atoms with Crippen LogP contribution in [0.3, 0.4) is 0 Å². The molecule has 2 N–H and O–H groups in total. The summed E-state index contributed by atoms with van der Waals surface area (Å²) in [6.07, 6.45) is 0. The van der Waals surface area contributed by atoms with Crippen LogP contribution in [0.4, 0.5) is 11.4 Å². The number of hydrogen-bond acceptors (Lipinski definition) is 5. The normalized spacial score (nSPS) is 10.9. The van der Waals surface area contributed by atoms with Crippen LogP contribution in [-0.4, -0.2) is 20.7 Å². The van der Waals surface area contributed by atoms with E-state index in [1.165, 1.54) is 0 Å². The molecule has 0 saturated heterocycles. The van der Waals surface area contributed by atoms with Crippen molar-refractivity contribution >= 4 is 27.9 Å². The predicted octanol–water partition coefficient (Wildman–Crippen LogP) is 9.19. The molecule has 0 fully saturated rings. The van der Waals surface area contributed by atoms with Gasteiger partial charge in [-0.2, -0.15) is 0 Å². The minimum atomic E-state index is 0.409. The predicted molar refractivity (Wildman–Crippen MR) is 176 cm³/mol. The molecule has 0 amide bonds. The molecule has 1 heterocycles. The zero-order valence-electron chi connectivity index (χ0n) is 23.3. The Morgan fingerprint density at radius 1 is 0.465 bits per heavy atom. The summed E-state index contributed by atoms with van der Waals surface area (Å²) >= 11 is 0. The van der Waals surface area contributed by atoms with Gasteiger partial charge in [-0.25, -0.2) is 15.0 Å². The molecule has 0 aliphatic rings. The van der Waals surface area contributed by atoms with E-state index < -0.39 is 0 Å². The number of rotatable bonds is 7. The molecule has 43 heavy (non-hydrogen) atoms. The molecule has 0 aliphatic carbocycles. The van der Waals surface area contributed by atoms with Crippen molar-refractivity contribution in [2.75, 3.05) is 5.32 Å². The zero-order valence-corrected chi connectivity index (χ0v) is 23.3. The molecular weight excluding hydrogens is 526 g/mol. The van der Waals surface area contributed by atoms with E-state index in [0.717, 1.165) is 50.0 Å². The van der Waals surface area contributed by atoms with E-state index in [4.69, 9.17) is 15.0 Å². The van der Waals surface area contributed by atoms with Crippen molar-refractivity contribution in [3.05, 3.63) is 163 Å². The highest BCUT2D eigenvalue weighted by molar-refractivity contribution is 6.16. The first-order chi connectivity index (χ1) is 21.2. The third-order valence-electron chi connectivity index (χ3n) is 7.32. The summed E-state index contributed by atoms with van der Waals surface area (Å²) in [7, 11) is 0. The summed E-state index contributed by atoms with van der Waals surface area (Å²) in [4.78, 5) is 14.6. The zero-order chi connectivity index (χ0) is 29.0. The number of anilines is 2. The highest BCUT2D eigenvalue weighted by atomic mass is 15.0. The van der Waals surface area contributed by atoms with Gasteiger partial charge in [-0.15, -0.1) is 0 Å². The molecule has 204 valence electrons. The number of hydrogen-bond donors (Lipinski definition) is 2. The number of aromatic nitrogens is 3. The van der Waals surface area contributed by atoms with Crippen molar-refractivity contribution in [1.29, 1.82) is 5.41 Å². The van der Waals surface area contributed by atoms with Gasteiger partial charge in [-0.1, -0.05) is 121 Å². The molecule has 6 aromatic carbocycles. The van der Waals surface area contributed by atoms with Crippen LogP contribution in [-0.2, 0) is 0 Å². The van der Waals surface area contributed by atoms with Gasteiger partial charge in [0, 0.05) is 39.2 Å². The van der Waals surface area contributed by atoms with Gasteiger partial charge in [0.2, 0.25) is 0 Å². The largest absolute Gasteiger partial charge is 0.355 e. The van der Waals surface area contributed by atoms with E-state index in [1.807, 2.05) is 127 Å². The van der Waals surface area contributed by atoms with Crippen LogP contribution in [0.5, 0.6) is 0 Å². The van der Waals surface area contributed by atoms with Crippen molar-refractivity contribution in [1.82, 2.24) is 15.0 Å². The average Bonchev–Trinajstić information content (AvgIpc) is 3.09. The van der Waals surface area contributed by atoms with Crippen LogP contribution in [0.15, 0.2) is 152 Å². The molecule has 7 rings (SSSR count). The van der Waals surface area contributed by atoms with Crippen molar-refractivity contribution in [3.8, 4) is 34.2 Å². The Labute approximate surface area is 250 Å². The van der Waals surface area contributed by atoms with Crippen LogP contribution < -0.4 is 5.32 Å². The van der Waals surface area contributed by atoms with E-state index in [2.05, 4.69) is 29.6 Å². The van der Waals surface area contributed by atoms with Crippen molar-refractivity contribution in [2.45, 2.75) is 0 Å². The standard InChI is InChI=1S/C38H27N5/c39-35(33-24-28-17-10-11-18-29(28)25-34(33)40-32-21-8-3-9-22-32)30-19-12-20-31(23-30)38-42-36(26-13-4-1-5-14-26)41-37(43-38)27-15-6-2-7-16-27/h1-25,39-40H. The maximum atomic E-state index is 9.37. The Morgan fingerprint density at radius 2 is 0.953 bits per heavy atom. The molecule has 0 bridgehead atoms. The lowest BCUT2D eigenvalue weighted by Crippen LogP contribution is -2.07. The summed E-state index contributed by atoms with van der Waals surface area (Å²) in [5.41, 5.74) is 6.48. The summed E-state index contributed by atoms with van der Waals surface area (Å²) in [5.74, 6) is 1.77. The van der Waals surface area contributed by atoms with Crippen LogP contribution >= 0.6 is 0 Å². The third kappa shape index (κ3) is 5.52. The lowest BCUT2D eigenvalue weighted by Gasteiger charge is -2.16. The van der Waals surface area contributed by atoms with E-state index in [9.17, 15) is 5.41 Å². The lowest BCUT2D eigenvalue weighted by atomic mass is 9.96. The maximum Gasteiger partial charge on any atom is 0.164 e. The summed E-state index contributed by atoms with van der Waals surface area (Å²) in [6.45, 7) is 0. The first-order valence-corrected chi connectivity index (χ1v) is 14.1. The van der Waals surface area contributed by atoms with Gasteiger partial charge in [0.1, 0.15) is 0 Å². The second kappa shape index (κ2) is 11.5. The van der Waals surface area contributed by atoms with E-state index in [0.29, 0.717) is 23.2 Å². The Morgan fingerprint density at radius 3 is 1.56 bits per heavy atom. The molecule has 5 nitrogen and oxygen atoms in total. The number of benzene rings is 6. The molecule has 0 spiro atoms. The number of para-hydroxylation sites is 1. The molecule has 0 saturated carbocycles.